The first kappa shape index (κ1) is 33.2. The summed E-state index contributed by atoms with van der Waals surface area (Å²) in [5, 5.41) is 11.3. The van der Waals surface area contributed by atoms with Crippen molar-refractivity contribution in [3.63, 3.8) is 0 Å². The molecule has 0 heterocycles. The molecule has 0 saturated heterocycles. The van der Waals surface area contributed by atoms with Crippen LogP contribution in [0.25, 0.3) is 65.7 Å². The van der Waals surface area contributed by atoms with Gasteiger partial charge in [0.1, 0.15) is 0 Å². The van der Waals surface area contributed by atoms with Gasteiger partial charge in [0.15, 0.2) is 0 Å². The molecule has 10 aromatic rings. The van der Waals surface area contributed by atoms with Gasteiger partial charge in [0.05, 0.1) is 11.4 Å². The highest BCUT2D eigenvalue weighted by Gasteiger charge is 2.28. The summed E-state index contributed by atoms with van der Waals surface area (Å²) in [4.78, 5) is 2.40. The maximum absolute atomic E-state index is 4.06. The Morgan fingerprint density at radius 2 is 0.696 bits per heavy atom. The van der Waals surface area contributed by atoms with Gasteiger partial charge in [-0.2, -0.15) is 0 Å². The molecule has 0 fully saturated rings. The Labute approximate surface area is 327 Å². The summed E-state index contributed by atoms with van der Waals surface area (Å²) in [7, 11) is 0. The van der Waals surface area contributed by atoms with E-state index in [-0.39, 0.29) is 0 Å². The fraction of sp³-hybridized carbons (Fsp3) is 0. The smallest absolute Gasteiger partial charge is 0.0715 e. The van der Waals surface area contributed by atoms with Crippen LogP contribution < -0.4 is 10.2 Å². The predicted octanol–water partition coefficient (Wildman–Crippen LogP) is 15.4. The fourth-order valence-corrected chi connectivity index (χ4v) is 8.33. The van der Waals surface area contributed by atoms with Crippen molar-refractivity contribution in [3.05, 3.63) is 224 Å². The Balaban J connectivity index is 1.46. The van der Waals surface area contributed by atoms with Crippen LogP contribution in [0, 0.1) is 0 Å². The van der Waals surface area contributed by atoms with Gasteiger partial charge in [0.2, 0.25) is 0 Å². The number of hydrogen-bond donors (Lipinski definition) is 1. The summed E-state index contributed by atoms with van der Waals surface area (Å²) < 4.78 is 0. The van der Waals surface area contributed by atoms with Crippen LogP contribution >= 0.6 is 0 Å². The molecule has 0 atom stereocenters. The molecule has 0 aromatic heterocycles. The molecule has 0 aliphatic rings. The Hall–Kier alpha value is -7.42. The Bertz CT molecular complexity index is 2930. The van der Waals surface area contributed by atoms with Gasteiger partial charge >= 0.3 is 0 Å². The number of hydrogen-bond acceptors (Lipinski definition) is 2. The van der Waals surface area contributed by atoms with E-state index in [1.165, 1.54) is 49.0 Å². The second-order valence-corrected chi connectivity index (χ2v) is 14.1. The lowest BCUT2D eigenvalue weighted by Gasteiger charge is -2.32. The maximum Gasteiger partial charge on any atom is 0.0715 e. The zero-order chi connectivity index (χ0) is 37.3. The van der Waals surface area contributed by atoms with Gasteiger partial charge in [-0.05, 0) is 97.0 Å². The molecule has 0 radical (unpaired) electrons. The van der Waals surface area contributed by atoms with Crippen molar-refractivity contribution in [1.82, 2.24) is 0 Å². The molecule has 0 aliphatic carbocycles. The Kier molecular flexibility index (Phi) is 8.55. The van der Waals surface area contributed by atoms with Gasteiger partial charge in [-0.3, -0.25) is 0 Å². The number of rotatable bonds is 8. The molecule has 0 unspecified atom stereocenters. The lowest BCUT2D eigenvalue weighted by molar-refractivity contribution is 1.28. The number of benzene rings is 10. The van der Waals surface area contributed by atoms with Gasteiger partial charge < -0.3 is 10.2 Å². The molecule has 0 spiro atoms. The first-order chi connectivity index (χ1) is 27.8. The SMILES string of the molecule is c1ccc(Nc2c(N(c3ccccc3)c3ccccc3)cc(-c3cccc4ccccc34)c(-c3cccc4ccccc34)c2-c2cccc3ccccc23)cc1. The largest absolute Gasteiger partial charge is 0.353 e. The maximum atomic E-state index is 4.06. The lowest BCUT2D eigenvalue weighted by Crippen LogP contribution is -2.13. The van der Waals surface area contributed by atoms with Crippen LogP contribution in [0.5, 0.6) is 0 Å². The van der Waals surface area contributed by atoms with E-state index in [9.17, 15) is 0 Å². The van der Waals surface area contributed by atoms with Gasteiger partial charge in [0, 0.05) is 28.2 Å². The van der Waals surface area contributed by atoms with Gasteiger partial charge in [-0.15, -0.1) is 0 Å². The summed E-state index contributed by atoms with van der Waals surface area (Å²) in [5.41, 5.74) is 12.2. The molecule has 10 aromatic carbocycles. The monoisotopic (exact) mass is 714 g/mol. The van der Waals surface area contributed by atoms with Crippen LogP contribution in [0.2, 0.25) is 0 Å². The molecule has 2 nitrogen and oxygen atoms in total. The van der Waals surface area contributed by atoms with E-state index in [0.29, 0.717) is 0 Å². The highest BCUT2D eigenvalue weighted by molar-refractivity contribution is 6.17. The molecule has 0 bridgehead atoms. The van der Waals surface area contributed by atoms with E-state index in [4.69, 9.17) is 0 Å². The lowest BCUT2D eigenvalue weighted by atomic mass is 9.81. The van der Waals surface area contributed by atoms with Gasteiger partial charge in [0.25, 0.3) is 0 Å². The highest BCUT2D eigenvalue weighted by atomic mass is 15.2. The number of para-hydroxylation sites is 3. The summed E-state index contributed by atoms with van der Waals surface area (Å²) in [6.07, 6.45) is 0. The number of anilines is 5. The minimum atomic E-state index is 1.01. The van der Waals surface area contributed by atoms with Crippen molar-refractivity contribution in [2.75, 3.05) is 10.2 Å². The second kappa shape index (κ2) is 14.4. The van der Waals surface area contributed by atoms with E-state index in [0.717, 1.165) is 45.1 Å². The van der Waals surface area contributed by atoms with Gasteiger partial charge in [-0.25, -0.2) is 0 Å². The molecule has 2 heteroatoms. The summed E-state index contributed by atoms with van der Waals surface area (Å²) in [5.74, 6) is 0. The van der Waals surface area contributed by atoms with Crippen LogP contribution in [-0.4, -0.2) is 0 Å². The van der Waals surface area contributed by atoms with E-state index in [1.807, 2.05) is 0 Å². The van der Waals surface area contributed by atoms with Crippen molar-refractivity contribution >= 4 is 60.8 Å². The third-order valence-electron chi connectivity index (χ3n) is 10.8. The third-order valence-corrected chi connectivity index (χ3v) is 10.8. The highest BCUT2D eigenvalue weighted by Crippen LogP contribution is 2.55. The molecular formula is C54H38N2. The molecule has 0 amide bonds. The molecular weight excluding hydrogens is 677 g/mol. The van der Waals surface area contributed by atoms with Crippen molar-refractivity contribution < 1.29 is 0 Å². The van der Waals surface area contributed by atoms with E-state index in [2.05, 4.69) is 235 Å². The summed E-state index contributed by atoms with van der Waals surface area (Å²) in [6, 6.07) is 80.9. The predicted molar refractivity (Wildman–Crippen MR) is 240 cm³/mol. The summed E-state index contributed by atoms with van der Waals surface area (Å²) in [6.45, 7) is 0. The van der Waals surface area contributed by atoms with Crippen LogP contribution in [0.4, 0.5) is 28.4 Å². The molecule has 0 saturated carbocycles. The zero-order valence-corrected chi connectivity index (χ0v) is 30.8. The average Bonchev–Trinajstić information content (AvgIpc) is 3.27. The van der Waals surface area contributed by atoms with Crippen molar-refractivity contribution in [2.24, 2.45) is 0 Å². The number of nitrogens with zero attached hydrogens (tertiary/aromatic N) is 1. The fourth-order valence-electron chi connectivity index (χ4n) is 8.33. The van der Waals surface area contributed by atoms with Crippen molar-refractivity contribution in [2.45, 2.75) is 0 Å². The van der Waals surface area contributed by atoms with Crippen LogP contribution in [0.1, 0.15) is 0 Å². The number of fused-ring (bicyclic) bond motifs is 3. The average molecular weight is 715 g/mol. The number of nitrogens with one attached hydrogen (secondary N) is 1. The topological polar surface area (TPSA) is 15.3 Å². The Morgan fingerprint density at radius 1 is 0.304 bits per heavy atom. The third kappa shape index (κ3) is 5.95. The summed E-state index contributed by atoms with van der Waals surface area (Å²) >= 11 is 0. The standard InChI is InChI=1S/C54H38N2/c1-4-25-41(26-5-1)55-54-51(56(42-27-6-2-7-28-42)43-29-8-3-9-30-43)37-50(47-34-16-22-38-19-10-13-31-44(38)47)52(48-35-17-23-39-20-11-14-32-45(39)48)53(54)49-36-18-24-40-21-12-15-33-46(40)49/h1-37,55H. The minimum Gasteiger partial charge on any atom is -0.353 e. The normalized spacial score (nSPS) is 11.2. The van der Waals surface area contributed by atoms with E-state index in [1.54, 1.807) is 0 Å². The van der Waals surface area contributed by atoms with Crippen LogP contribution in [-0.2, 0) is 0 Å². The van der Waals surface area contributed by atoms with Crippen LogP contribution in [0.3, 0.4) is 0 Å². The first-order valence-electron chi connectivity index (χ1n) is 19.2. The molecule has 264 valence electrons. The van der Waals surface area contributed by atoms with E-state index >= 15 is 0 Å². The molecule has 56 heavy (non-hydrogen) atoms. The zero-order valence-electron chi connectivity index (χ0n) is 30.8. The second-order valence-electron chi connectivity index (χ2n) is 14.1. The molecule has 10 rings (SSSR count). The van der Waals surface area contributed by atoms with Gasteiger partial charge in [-0.1, -0.05) is 182 Å². The molecule has 1 N–H and O–H groups in total. The Morgan fingerprint density at radius 3 is 1.21 bits per heavy atom. The first-order valence-corrected chi connectivity index (χ1v) is 19.2. The quantitative estimate of drug-likeness (QED) is 0.169. The van der Waals surface area contributed by atoms with Crippen molar-refractivity contribution in [1.29, 1.82) is 0 Å². The van der Waals surface area contributed by atoms with Crippen molar-refractivity contribution in [3.8, 4) is 33.4 Å². The van der Waals surface area contributed by atoms with E-state index < -0.39 is 0 Å². The molecule has 0 aliphatic heterocycles. The minimum absolute atomic E-state index is 1.01. The van der Waals surface area contributed by atoms with Crippen LogP contribution in [0.15, 0.2) is 224 Å².